The zero-order chi connectivity index (χ0) is 16.5. The first-order valence-corrected chi connectivity index (χ1v) is 9.08. The van der Waals surface area contributed by atoms with Gasteiger partial charge in [0.05, 0.1) is 4.90 Å². The molecule has 0 aliphatic heterocycles. The monoisotopic (exact) mass is 323 g/mol. The molecule has 0 atom stereocenters. The van der Waals surface area contributed by atoms with Gasteiger partial charge in [-0.05, 0) is 42.9 Å². The van der Waals surface area contributed by atoms with Crippen molar-refractivity contribution in [2.45, 2.75) is 43.4 Å². The van der Waals surface area contributed by atoms with Crippen LogP contribution in [-0.4, -0.2) is 26.5 Å². The molecule has 4 N–H and O–H groups in total. The predicted molar refractivity (Wildman–Crippen MR) is 85.6 cm³/mol. The average molecular weight is 323 g/mol. The van der Waals surface area contributed by atoms with Crippen LogP contribution < -0.4 is 11.5 Å². The minimum atomic E-state index is -3.45. The van der Waals surface area contributed by atoms with E-state index in [0.29, 0.717) is 5.56 Å². The lowest BCUT2D eigenvalue weighted by molar-refractivity contribution is 0.100. The van der Waals surface area contributed by atoms with Crippen molar-refractivity contribution >= 4 is 21.7 Å². The molecule has 120 valence electrons. The second-order valence-electron chi connectivity index (χ2n) is 5.75. The van der Waals surface area contributed by atoms with Gasteiger partial charge in [0.15, 0.2) is 15.8 Å². The molecule has 0 saturated heterocycles. The topological polar surface area (TPSA) is 116 Å². The fourth-order valence-electron chi connectivity index (χ4n) is 3.17. The van der Waals surface area contributed by atoms with Gasteiger partial charge in [-0.2, -0.15) is 4.99 Å². The first-order chi connectivity index (χ1) is 10.2. The van der Waals surface area contributed by atoms with Gasteiger partial charge >= 0.3 is 0 Å². The maximum Gasteiger partial charge on any atom is 0.280 e. The van der Waals surface area contributed by atoms with Gasteiger partial charge in [0.2, 0.25) is 0 Å². The number of carbonyl (C=O) groups excluding carboxylic acids is 1. The van der Waals surface area contributed by atoms with E-state index in [1.54, 1.807) is 19.1 Å². The minimum Gasteiger partial charge on any atom is -0.370 e. The van der Waals surface area contributed by atoms with Crippen LogP contribution in [0.5, 0.6) is 0 Å². The molecule has 0 heterocycles. The highest BCUT2D eigenvalue weighted by Crippen LogP contribution is 2.39. The summed E-state index contributed by atoms with van der Waals surface area (Å²) >= 11 is 0. The van der Waals surface area contributed by atoms with E-state index in [1.165, 1.54) is 6.26 Å². The smallest absolute Gasteiger partial charge is 0.280 e. The SMILES string of the molecule is Cc1c(C(=O)N=C(N)N)ccc(C2CCCC2)c1S(C)(=O)=O. The normalized spacial score (nSPS) is 15.7. The Morgan fingerprint density at radius 2 is 1.82 bits per heavy atom. The minimum absolute atomic E-state index is 0.218. The third-order valence-corrected chi connectivity index (χ3v) is 5.35. The summed E-state index contributed by atoms with van der Waals surface area (Å²) in [6.45, 7) is 1.63. The Bertz CT molecular complexity index is 729. The summed E-state index contributed by atoms with van der Waals surface area (Å²) in [5.41, 5.74) is 11.9. The van der Waals surface area contributed by atoms with Gasteiger partial charge in [-0.15, -0.1) is 0 Å². The Kier molecular flexibility index (Phi) is 4.55. The van der Waals surface area contributed by atoms with E-state index in [-0.39, 0.29) is 22.3 Å². The van der Waals surface area contributed by atoms with Crippen molar-refractivity contribution in [2.24, 2.45) is 16.5 Å². The first kappa shape index (κ1) is 16.5. The lowest BCUT2D eigenvalue weighted by Crippen LogP contribution is -2.24. The van der Waals surface area contributed by atoms with Crippen LogP contribution >= 0.6 is 0 Å². The molecule has 1 aromatic carbocycles. The molecule has 6 nitrogen and oxygen atoms in total. The van der Waals surface area contributed by atoms with E-state index in [9.17, 15) is 13.2 Å². The van der Waals surface area contributed by atoms with Crippen molar-refractivity contribution in [3.8, 4) is 0 Å². The molecular formula is C15H21N3O3S. The molecule has 1 aliphatic rings. The van der Waals surface area contributed by atoms with Gasteiger partial charge in [0.25, 0.3) is 5.91 Å². The van der Waals surface area contributed by atoms with Crippen LogP contribution in [-0.2, 0) is 9.84 Å². The maximum absolute atomic E-state index is 12.2. The standard InChI is InChI=1S/C15H21N3O3S/c1-9-11(14(19)18-15(16)17)7-8-12(10-5-3-4-6-10)13(9)22(2,20)21/h7-8,10H,3-6H2,1-2H3,(H4,16,17,18,19). The Hall–Kier alpha value is -1.89. The summed E-state index contributed by atoms with van der Waals surface area (Å²) in [4.78, 5) is 15.8. The number of guanidine groups is 1. The van der Waals surface area contributed by atoms with E-state index in [2.05, 4.69) is 4.99 Å². The van der Waals surface area contributed by atoms with E-state index in [0.717, 1.165) is 31.2 Å². The number of nitrogens with zero attached hydrogens (tertiary/aromatic N) is 1. The molecule has 1 saturated carbocycles. The Labute approximate surface area is 130 Å². The molecular weight excluding hydrogens is 302 g/mol. The Balaban J connectivity index is 2.63. The number of benzene rings is 1. The van der Waals surface area contributed by atoms with Crippen molar-refractivity contribution in [1.29, 1.82) is 0 Å². The molecule has 1 aliphatic carbocycles. The van der Waals surface area contributed by atoms with Crippen LogP contribution in [0.2, 0.25) is 0 Å². The molecule has 1 amide bonds. The largest absolute Gasteiger partial charge is 0.370 e. The molecule has 0 unspecified atom stereocenters. The number of aliphatic imine (C=N–C) groups is 1. The quantitative estimate of drug-likeness (QED) is 0.645. The number of amides is 1. The number of sulfone groups is 1. The third-order valence-electron chi connectivity index (χ3n) is 4.06. The van der Waals surface area contributed by atoms with Gasteiger partial charge in [-0.3, -0.25) is 4.79 Å². The van der Waals surface area contributed by atoms with Gasteiger partial charge in [0.1, 0.15) is 0 Å². The molecule has 22 heavy (non-hydrogen) atoms. The van der Waals surface area contributed by atoms with Crippen molar-refractivity contribution in [3.63, 3.8) is 0 Å². The van der Waals surface area contributed by atoms with Crippen LogP contribution in [0.1, 0.15) is 53.1 Å². The molecule has 0 spiro atoms. The van der Waals surface area contributed by atoms with Crippen molar-refractivity contribution in [2.75, 3.05) is 6.26 Å². The second-order valence-corrected chi connectivity index (χ2v) is 7.70. The molecule has 0 aromatic heterocycles. The van der Waals surface area contributed by atoms with Gasteiger partial charge in [-0.25, -0.2) is 8.42 Å². The van der Waals surface area contributed by atoms with Crippen LogP contribution in [0.15, 0.2) is 22.0 Å². The maximum atomic E-state index is 12.2. The van der Waals surface area contributed by atoms with E-state index < -0.39 is 15.7 Å². The summed E-state index contributed by atoms with van der Waals surface area (Å²) < 4.78 is 24.5. The van der Waals surface area contributed by atoms with Crippen molar-refractivity contribution in [3.05, 3.63) is 28.8 Å². The van der Waals surface area contributed by atoms with Crippen LogP contribution in [0, 0.1) is 6.92 Å². The summed E-state index contributed by atoms with van der Waals surface area (Å²) in [6, 6.07) is 3.35. The van der Waals surface area contributed by atoms with Gasteiger partial charge in [-0.1, -0.05) is 18.9 Å². The van der Waals surface area contributed by atoms with Crippen molar-refractivity contribution in [1.82, 2.24) is 0 Å². The zero-order valence-corrected chi connectivity index (χ0v) is 13.6. The number of nitrogens with two attached hydrogens (primary N) is 2. The molecule has 7 heteroatoms. The summed E-state index contributed by atoms with van der Waals surface area (Å²) in [7, 11) is -3.45. The molecule has 1 aromatic rings. The highest BCUT2D eigenvalue weighted by Gasteiger charge is 2.27. The number of hydrogen-bond acceptors (Lipinski definition) is 3. The van der Waals surface area contributed by atoms with Gasteiger partial charge < -0.3 is 11.5 Å². The van der Waals surface area contributed by atoms with E-state index in [1.807, 2.05) is 0 Å². The van der Waals surface area contributed by atoms with Crippen LogP contribution in [0.3, 0.4) is 0 Å². The molecule has 1 fully saturated rings. The number of carbonyl (C=O) groups is 1. The highest BCUT2D eigenvalue weighted by atomic mass is 32.2. The predicted octanol–water partition coefficient (Wildman–Crippen LogP) is 1.47. The Morgan fingerprint density at radius 3 is 2.32 bits per heavy atom. The summed E-state index contributed by atoms with van der Waals surface area (Å²) in [6.07, 6.45) is 5.32. The third kappa shape index (κ3) is 3.30. The summed E-state index contributed by atoms with van der Waals surface area (Å²) in [5, 5.41) is 0. The van der Waals surface area contributed by atoms with Crippen LogP contribution in [0.25, 0.3) is 0 Å². The fraction of sp³-hybridized carbons (Fsp3) is 0.467. The van der Waals surface area contributed by atoms with Crippen molar-refractivity contribution < 1.29 is 13.2 Å². The fourth-order valence-corrected chi connectivity index (χ4v) is 4.50. The van der Waals surface area contributed by atoms with E-state index >= 15 is 0 Å². The second kappa shape index (κ2) is 6.08. The highest BCUT2D eigenvalue weighted by molar-refractivity contribution is 7.90. The average Bonchev–Trinajstić information content (AvgIpc) is 2.89. The summed E-state index contributed by atoms with van der Waals surface area (Å²) in [5.74, 6) is -0.735. The number of hydrogen-bond donors (Lipinski definition) is 2. The first-order valence-electron chi connectivity index (χ1n) is 7.19. The zero-order valence-electron chi connectivity index (χ0n) is 12.8. The number of rotatable bonds is 3. The van der Waals surface area contributed by atoms with E-state index in [4.69, 9.17) is 11.5 Å². The lowest BCUT2D eigenvalue weighted by Gasteiger charge is -2.18. The molecule has 2 rings (SSSR count). The molecule has 0 bridgehead atoms. The van der Waals surface area contributed by atoms with Crippen LogP contribution in [0.4, 0.5) is 0 Å². The Morgan fingerprint density at radius 1 is 1.23 bits per heavy atom. The lowest BCUT2D eigenvalue weighted by atomic mass is 9.93. The van der Waals surface area contributed by atoms with Gasteiger partial charge in [0, 0.05) is 11.8 Å². The molecule has 0 radical (unpaired) electrons.